The molecule has 51 heavy (non-hydrogen) atoms. The molecule has 13 heteroatoms. The summed E-state index contributed by atoms with van der Waals surface area (Å²) in [4.78, 5) is 17.1. The maximum Gasteiger partial charge on any atom is 2.00 e. The summed E-state index contributed by atoms with van der Waals surface area (Å²) in [6, 6.07) is 24.9. The Kier molecular flexibility index (Phi) is 24.6. The fourth-order valence-corrected chi connectivity index (χ4v) is 3.85. The monoisotopic (exact) mass is 828 g/mol. The SMILES string of the molecule is C=Cc1ccc(COc2ccc(C=NCC([O-])CN=Cc3ccc(OCc4ccc(C=C)cc4)cc3[O-])c([O-])c2)cc1.CC(=O)[O-].ClCCl.[Cu+2].[Cu+2]. The number of rotatable bonds is 14. The first-order chi connectivity index (χ1) is 23.6. The fourth-order valence-electron chi connectivity index (χ4n) is 3.85. The zero-order chi connectivity index (χ0) is 36.0. The van der Waals surface area contributed by atoms with E-state index in [1.165, 1.54) is 24.6 Å². The van der Waals surface area contributed by atoms with Crippen LogP contribution < -0.4 is 29.9 Å². The zero-order valence-electron chi connectivity index (χ0n) is 27.5. The molecule has 0 fully saturated rings. The second-order valence-corrected chi connectivity index (χ2v) is 10.9. The minimum Gasteiger partial charge on any atom is -0.872 e. The summed E-state index contributed by atoms with van der Waals surface area (Å²) in [7, 11) is 0. The number of carbonyl (C=O) groups excluding carboxylic acids is 1. The molecule has 0 spiro atoms. The molecule has 0 aliphatic rings. The number of halogens is 2. The van der Waals surface area contributed by atoms with Crippen molar-refractivity contribution < 1.29 is 68.8 Å². The Morgan fingerprint density at radius 1 is 0.725 bits per heavy atom. The zero-order valence-corrected chi connectivity index (χ0v) is 30.9. The van der Waals surface area contributed by atoms with E-state index in [0.717, 1.165) is 29.2 Å². The number of aliphatic imine (C=N–C) groups is 2. The van der Waals surface area contributed by atoms with Gasteiger partial charge in [-0.15, -0.1) is 23.2 Å². The molecule has 4 aromatic rings. The number of carboxylic acid groups (broad SMARTS) is 1. The molecular formula is C38H36Cl2Cu2N2O7. The maximum atomic E-state index is 12.4. The minimum absolute atomic E-state index is 0. The molecule has 0 amide bonds. The second kappa shape index (κ2) is 26.7. The van der Waals surface area contributed by atoms with Gasteiger partial charge in [0, 0.05) is 31.5 Å². The van der Waals surface area contributed by atoms with Gasteiger partial charge in [0.05, 0.1) is 5.34 Å². The van der Waals surface area contributed by atoms with Crippen LogP contribution in [0.2, 0.25) is 0 Å². The van der Waals surface area contributed by atoms with Crippen LogP contribution in [0, 0.1) is 0 Å². The molecule has 0 aliphatic carbocycles. The van der Waals surface area contributed by atoms with Crippen LogP contribution >= 0.6 is 23.2 Å². The molecule has 0 N–H and O–H groups in total. The van der Waals surface area contributed by atoms with Crippen molar-refractivity contribution in [2.24, 2.45) is 9.98 Å². The van der Waals surface area contributed by atoms with Crippen LogP contribution in [0.15, 0.2) is 108 Å². The summed E-state index contributed by atoms with van der Waals surface area (Å²) in [6.07, 6.45) is 5.19. The van der Waals surface area contributed by atoms with Crippen LogP contribution in [0.3, 0.4) is 0 Å². The van der Waals surface area contributed by atoms with E-state index in [4.69, 9.17) is 42.6 Å². The van der Waals surface area contributed by atoms with Gasteiger partial charge in [-0.3, -0.25) is 9.98 Å². The van der Waals surface area contributed by atoms with Gasteiger partial charge in [-0.2, -0.15) is 0 Å². The van der Waals surface area contributed by atoms with E-state index in [1.54, 1.807) is 36.4 Å². The van der Waals surface area contributed by atoms with Gasteiger partial charge in [0.2, 0.25) is 0 Å². The Labute approximate surface area is 329 Å². The Hall–Kier alpha value is -4.05. The molecular weight excluding hydrogens is 794 g/mol. The van der Waals surface area contributed by atoms with Gasteiger partial charge in [-0.05, 0) is 64.6 Å². The summed E-state index contributed by atoms with van der Waals surface area (Å²) >= 11 is 9.53. The molecule has 0 saturated carbocycles. The van der Waals surface area contributed by atoms with Gasteiger partial charge in [0.1, 0.15) is 24.7 Å². The van der Waals surface area contributed by atoms with Crippen molar-refractivity contribution in [2.45, 2.75) is 26.2 Å². The molecule has 0 aliphatic heterocycles. The van der Waals surface area contributed by atoms with Crippen molar-refractivity contribution >= 4 is 53.8 Å². The van der Waals surface area contributed by atoms with Crippen LogP contribution in [0.4, 0.5) is 0 Å². The van der Waals surface area contributed by atoms with E-state index in [9.17, 15) is 15.3 Å². The number of ether oxygens (including phenoxy) is 2. The third-order valence-electron chi connectivity index (χ3n) is 6.29. The molecule has 0 heterocycles. The van der Waals surface area contributed by atoms with Gasteiger partial charge in [0.15, 0.2) is 0 Å². The molecule has 0 unspecified atom stereocenters. The van der Waals surface area contributed by atoms with Gasteiger partial charge < -0.3 is 34.7 Å². The Balaban J connectivity index is 0.00000255. The number of hydrogen-bond donors (Lipinski definition) is 0. The number of alkyl halides is 2. The van der Waals surface area contributed by atoms with Crippen LogP contribution in [0.5, 0.6) is 23.0 Å². The molecule has 0 aromatic heterocycles. The molecule has 2 radical (unpaired) electrons. The second-order valence-electron chi connectivity index (χ2n) is 10.1. The third kappa shape index (κ3) is 19.2. The Morgan fingerprint density at radius 2 is 1.06 bits per heavy atom. The van der Waals surface area contributed by atoms with Crippen molar-refractivity contribution in [2.75, 3.05) is 18.4 Å². The number of hydrogen-bond acceptors (Lipinski definition) is 9. The number of aliphatic carboxylic acids is 1. The van der Waals surface area contributed by atoms with E-state index >= 15 is 0 Å². The summed E-state index contributed by atoms with van der Waals surface area (Å²) in [5, 5.41) is 46.2. The average molecular weight is 831 g/mol. The smallest absolute Gasteiger partial charge is 0.872 e. The molecule has 0 atom stereocenters. The molecule has 9 nitrogen and oxygen atoms in total. The average Bonchev–Trinajstić information content (AvgIpc) is 3.08. The van der Waals surface area contributed by atoms with Crippen LogP contribution in [0.25, 0.3) is 12.2 Å². The summed E-state index contributed by atoms with van der Waals surface area (Å²) in [5.74, 6) is -0.673. The largest absolute Gasteiger partial charge is 2.00 e. The summed E-state index contributed by atoms with van der Waals surface area (Å²) in [6.45, 7) is 8.99. The standard InChI is InChI=1S/C35H33N2O5.C2H4O2.CH2Cl2.2Cu/c1-3-25-5-9-27(10-6-25)23-41-32-15-13-29(34(39)17-32)19-36-21-31(38)22-37-20-30-14-16-33(18-35(30)40)42-24-28-11-7-26(4-2)8-12-28;1-2(3)4;2-1-3;;/h3-20,31,39-40H,1-2,21-24H2;1H3,(H,3,4);1H2;;/q-1;;;2*+2/p-3. The summed E-state index contributed by atoms with van der Waals surface area (Å²) in [5.41, 5.74) is 4.71. The van der Waals surface area contributed by atoms with E-state index in [-0.39, 0.29) is 64.1 Å². The van der Waals surface area contributed by atoms with Crippen molar-refractivity contribution in [1.82, 2.24) is 0 Å². The Morgan fingerprint density at radius 3 is 1.35 bits per heavy atom. The normalized spacial score (nSPS) is 10.7. The van der Waals surface area contributed by atoms with E-state index in [0.29, 0.717) is 35.8 Å². The predicted octanol–water partition coefficient (Wildman–Crippen LogP) is 4.72. The number of carboxylic acids is 1. The number of nitrogens with zero attached hydrogens (tertiary/aromatic N) is 2. The van der Waals surface area contributed by atoms with Crippen LogP contribution in [-0.4, -0.2) is 42.9 Å². The van der Waals surface area contributed by atoms with Gasteiger partial charge in [-0.25, -0.2) is 0 Å². The van der Waals surface area contributed by atoms with E-state index in [2.05, 4.69) is 23.1 Å². The third-order valence-corrected chi connectivity index (χ3v) is 6.29. The van der Waals surface area contributed by atoms with E-state index < -0.39 is 12.1 Å². The van der Waals surface area contributed by atoms with Crippen molar-refractivity contribution in [3.8, 4) is 23.0 Å². The minimum atomic E-state index is -1.12. The Bertz CT molecular complexity index is 1570. The first-order valence-electron chi connectivity index (χ1n) is 14.8. The molecule has 4 rings (SSSR count). The van der Waals surface area contributed by atoms with Gasteiger partial charge in [-0.1, -0.05) is 104 Å². The van der Waals surface area contributed by atoms with E-state index in [1.807, 2.05) is 48.5 Å². The maximum absolute atomic E-state index is 12.4. The van der Waals surface area contributed by atoms with Crippen LogP contribution in [0.1, 0.15) is 40.3 Å². The fraction of sp³-hybridized carbons (Fsp3) is 0.184. The first-order valence-corrected chi connectivity index (χ1v) is 15.9. The van der Waals surface area contributed by atoms with Crippen LogP contribution in [-0.2, 0) is 52.1 Å². The number of benzene rings is 4. The topological polar surface area (TPSA) is 152 Å². The van der Waals surface area contributed by atoms with Gasteiger partial charge in [0.25, 0.3) is 0 Å². The van der Waals surface area contributed by atoms with Crippen molar-refractivity contribution in [3.63, 3.8) is 0 Å². The predicted molar refractivity (Wildman–Crippen MR) is 189 cm³/mol. The quantitative estimate of drug-likeness (QED) is 0.101. The van der Waals surface area contributed by atoms with Gasteiger partial charge >= 0.3 is 34.1 Å². The molecule has 276 valence electrons. The molecule has 4 aromatic carbocycles. The first kappa shape index (κ1) is 46.9. The van der Waals surface area contributed by atoms with Crippen molar-refractivity contribution in [3.05, 3.63) is 131 Å². The number of carbonyl (C=O) groups is 1. The van der Waals surface area contributed by atoms with Crippen molar-refractivity contribution in [1.29, 1.82) is 0 Å². The summed E-state index contributed by atoms with van der Waals surface area (Å²) < 4.78 is 11.4. The molecule has 0 bridgehead atoms. The molecule has 0 saturated heterocycles.